The summed E-state index contributed by atoms with van der Waals surface area (Å²) >= 11 is 0. The molecule has 0 radical (unpaired) electrons. The van der Waals surface area contributed by atoms with E-state index in [-0.39, 0.29) is 13.0 Å². The van der Waals surface area contributed by atoms with Crippen LogP contribution < -0.4 is 11.5 Å². The zero-order chi connectivity index (χ0) is 18.1. The fourth-order valence-electron chi connectivity index (χ4n) is 3.24. The van der Waals surface area contributed by atoms with E-state index in [1.165, 1.54) is 7.11 Å². The number of ether oxygens (including phenoxy) is 2. The normalized spacial score (nSPS) is 23.3. The van der Waals surface area contributed by atoms with E-state index in [0.29, 0.717) is 24.2 Å². The first-order valence-corrected chi connectivity index (χ1v) is 7.79. The van der Waals surface area contributed by atoms with Gasteiger partial charge >= 0.3 is 11.9 Å². The predicted molar refractivity (Wildman–Crippen MR) is 87.5 cm³/mol. The van der Waals surface area contributed by atoms with Crippen LogP contribution in [0.5, 0.6) is 0 Å². The molecule has 1 aliphatic heterocycles. The maximum atomic E-state index is 12.1. The average Bonchev–Trinajstić information content (AvgIpc) is 2.90. The van der Waals surface area contributed by atoms with Crippen LogP contribution >= 0.6 is 0 Å². The lowest BCUT2D eigenvalue weighted by Gasteiger charge is -2.37. The summed E-state index contributed by atoms with van der Waals surface area (Å²) in [5, 5.41) is 8.76. The number of methoxy groups -OCH3 is 1. The monoisotopic (exact) mass is 336 g/mol. The molecule has 0 aromatic carbocycles. The molecule has 2 rings (SSSR count). The quantitative estimate of drug-likeness (QED) is 0.378. The van der Waals surface area contributed by atoms with Crippen molar-refractivity contribution in [2.24, 2.45) is 17.4 Å². The minimum Gasteiger partial charge on any atom is -0.496 e. The van der Waals surface area contributed by atoms with Crippen molar-refractivity contribution < 1.29 is 24.2 Å². The van der Waals surface area contributed by atoms with Gasteiger partial charge in [0.1, 0.15) is 23.9 Å². The third-order valence-corrected chi connectivity index (χ3v) is 4.64. The van der Waals surface area contributed by atoms with Gasteiger partial charge in [-0.15, -0.1) is 0 Å². The van der Waals surface area contributed by atoms with E-state index < -0.39 is 23.5 Å². The third kappa shape index (κ3) is 3.22. The summed E-state index contributed by atoms with van der Waals surface area (Å²) in [5.74, 6) is -1.40. The second-order valence-corrected chi connectivity index (χ2v) is 6.28. The van der Waals surface area contributed by atoms with Crippen LogP contribution in [-0.2, 0) is 19.1 Å². The molecule has 1 atom stereocenters. The molecular formula is C17H24N2O5. The van der Waals surface area contributed by atoms with E-state index in [9.17, 15) is 9.59 Å². The van der Waals surface area contributed by atoms with E-state index in [4.69, 9.17) is 26.0 Å². The molecule has 1 aliphatic carbocycles. The standard InChI is InChI=1S/C17H24N2O5/c1-9(5-7-13(20)21)4-6-12-15(23-3)10(2)11-8-24-16(22)14(11)17(12,18)19/h4,14H,5-8,18-19H2,1-3H3,(H,20,21)/b9-4+. The number of nitrogens with two attached hydrogens (primary N) is 2. The highest BCUT2D eigenvalue weighted by atomic mass is 16.5. The van der Waals surface area contributed by atoms with Crippen molar-refractivity contribution in [3.05, 3.63) is 34.1 Å². The summed E-state index contributed by atoms with van der Waals surface area (Å²) < 4.78 is 10.6. The topological polar surface area (TPSA) is 125 Å². The first-order chi connectivity index (χ1) is 11.2. The molecule has 132 valence electrons. The summed E-state index contributed by atoms with van der Waals surface area (Å²) in [5.41, 5.74) is 14.4. The van der Waals surface area contributed by atoms with Crippen LogP contribution in [0.3, 0.4) is 0 Å². The molecule has 0 bridgehead atoms. The molecule has 7 heteroatoms. The van der Waals surface area contributed by atoms with Gasteiger partial charge in [-0.25, -0.2) is 0 Å². The second-order valence-electron chi connectivity index (χ2n) is 6.28. The van der Waals surface area contributed by atoms with E-state index in [1.807, 2.05) is 19.9 Å². The van der Waals surface area contributed by atoms with Crippen molar-refractivity contribution in [3.8, 4) is 0 Å². The first kappa shape index (κ1) is 18.2. The van der Waals surface area contributed by atoms with E-state index >= 15 is 0 Å². The Labute approximate surface area is 141 Å². The molecule has 0 spiro atoms. The highest BCUT2D eigenvalue weighted by Gasteiger charge is 2.51. The number of hydrogen-bond acceptors (Lipinski definition) is 6. The lowest BCUT2D eigenvalue weighted by atomic mass is 9.74. The van der Waals surface area contributed by atoms with Crippen LogP contribution in [-0.4, -0.2) is 36.4 Å². The molecule has 5 N–H and O–H groups in total. The Kier molecular flexibility index (Phi) is 5.15. The van der Waals surface area contributed by atoms with Gasteiger partial charge in [0, 0.05) is 12.0 Å². The minimum atomic E-state index is -1.39. The number of allylic oxidation sites excluding steroid dienone is 3. The molecule has 7 nitrogen and oxygen atoms in total. The lowest BCUT2D eigenvalue weighted by Crippen LogP contribution is -2.60. The van der Waals surface area contributed by atoms with Gasteiger partial charge in [-0.05, 0) is 37.8 Å². The van der Waals surface area contributed by atoms with Crippen molar-refractivity contribution in [1.82, 2.24) is 0 Å². The van der Waals surface area contributed by atoms with Crippen LogP contribution in [0.4, 0.5) is 0 Å². The van der Waals surface area contributed by atoms with E-state index in [2.05, 4.69) is 0 Å². The van der Waals surface area contributed by atoms with Crippen LogP contribution in [0.25, 0.3) is 0 Å². The number of hydrogen-bond donors (Lipinski definition) is 3. The summed E-state index contributed by atoms with van der Waals surface area (Å²) in [4.78, 5) is 22.7. The van der Waals surface area contributed by atoms with Crippen LogP contribution in [0.2, 0.25) is 0 Å². The molecule has 0 aromatic heterocycles. The van der Waals surface area contributed by atoms with Crippen molar-refractivity contribution in [2.75, 3.05) is 13.7 Å². The number of fused-ring (bicyclic) bond motifs is 1. The predicted octanol–water partition coefficient (Wildman–Crippen LogP) is 1.20. The Morgan fingerprint density at radius 1 is 1.46 bits per heavy atom. The highest BCUT2D eigenvalue weighted by Crippen LogP contribution is 2.43. The number of carboxylic acid groups (broad SMARTS) is 1. The fraction of sp³-hybridized carbons (Fsp3) is 0.529. The molecule has 1 saturated heterocycles. The Balaban J connectivity index is 2.35. The Morgan fingerprint density at radius 3 is 2.71 bits per heavy atom. The minimum absolute atomic E-state index is 0.0624. The Morgan fingerprint density at radius 2 is 2.12 bits per heavy atom. The van der Waals surface area contributed by atoms with Gasteiger partial charge < -0.3 is 26.0 Å². The smallest absolute Gasteiger partial charge is 0.317 e. The van der Waals surface area contributed by atoms with Gasteiger partial charge in [-0.2, -0.15) is 0 Å². The van der Waals surface area contributed by atoms with Gasteiger partial charge in [0.15, 0.2) is 0 Å². The van der Waals surface area contributed by atoms with Crippen molar-refractivity contribution in [2.45, 2.75) is 38.8 Å². The molecule has 2 aliphatic rings. The molecule has 1 fully saturated rings. The zero-order valence-corrected chi connectivity index (χ0v) is 14.2. The fourth-order valence-corrected chi connectivity index (χ4v) is 3.24. The highest BCUT2D eigenvalue weighted by molar-refractivity contribution is 5.83. The lowest BCUT2D eigenvalue weighted by molar-refractivity contribution is -0.142. The first-order valence-electron chi connectivity index (χ1n) is 7.79. The van der Waals surface area contributed by atoms with Crippen LogP contribution in [0.15, 0.2) is 34.1 Å². The largest absolute Gasteiger partial charge is 0.496 e. The van der Waals surface area contributed by atoms with Gasteiger partial charge in [-0.1, -0.05) is 11.6 Å². The van der Waals surface area contributed by atoms with Crippen LogP contribution in [0.1, 0.15) is 33.1 Å². The molecule has 0 saturated carbocycles. The molecule has 1 unspecified atom stereocenters. The SMILES string of the molecule is COC1=C(C/C=C(\C)CCC(=O)O)C(N)(N)C2C(=O)OCC2=C1C. The molecule has 0 aromatic rings. The summed E-state index contributed by atoms with van der Waals surface area (Å²) in [6.45, 7) is 3.89. The molecule has 1 heterocycles. The van der Waals surface area contributed by atoms with E-state index in [0.717, 1.165) is 16.7 Å². The molecule has 0 amide bonds. The molecular weight excluding hydrogens is 312 g/mol. The number of carbonyl (C=O) groups is 2. The molecule has 24 heavy (non-hydrogen) atoms. The number of cyclic esters (lactones) is 1. The number of rotatable bonds is 6. The maximum Gasteiger partial charge on any atom is 0.317 e. The maximum absolute atomic E-state index is 12.1. The van der Waals surface area contributed by atoms with Gasteiger partial charge in [0.05, 0.1) is 7.11 Å². The number of carboxylic acids is 1. The van der Waals surface area contributed by atoms with Gasteiger partial charge in [0.2, 0.25) is 0 Å². The van der Waals surface area contributed by atoms with Crippen molar-refractivity contribution in [1.29, 1.82) is 0 Å². The van der Waals surface area contributed by atoms with Gasteiger partial charge in [0.25, 0.3) is 0 Å². The summed E-state index contributed by atoms with van der Waals surface area (Å²) in [6.07, 6.45) is 2.77. The zero-order valence-electron chi connectivity index (χ0n) is 14.2. The number of esters is 1. The van der Waals surface area contributed by atoms with Crippen LogP contribution in [0, 0.1) is 5.92 Å². The summed E-state index contributed by atoms with van der Waals surface area (Å²) in [7, 11) is 1.54. The summed E-state index contributed by atoms with van der Waals surface area (Å²) in [6, 6.07) is 0. The van der Waals surface area contributed by atoms with E-state index in [1.54, 1.807) is 0 Å². The Hall–Kier alpha value is -2.12. The number of aliphatic carboxylic acids is 1. The Bertz CT molecular complexity index is 658. The second kappa shape index (κ2) is 6.78. The number of carbonyl (C=O) groups excluding carboxylic acids is 1. The third-order valence-electron chi connectivity index (χ3n) is 4.64. The average molecular weight is 336 g/mol. The van der Waals surface area contributed by atoms with Crippen molar-refractivity contribution in [3.63, 3.8) is 0 Å². The van der Waals surface area contributed by atoms with Gasteiger partial charge in [-0.3, -0.25) is 9.59 Å². The van der Waals surface area contributed by atoms with Crippen molar-refractivity contribution >= 4 is 11.9 Å².